The van der Waals surface area contributed by atoms with Crippen LogP contribution in [0.2, 0.25) is 0 Å². The molecule has 3 aliphatic carbocycles. The summed E-state index contributed by atoms with van der Waals surface area (Å²) in [5, 5.41) is 12.3. The van der Waals surface area contributed by atoms with Crippen molar-refractivity contribution in [3.63, 3.8) is 0 Å². The first-order chi connectivity index (χ1) is 11.3. The lowest BCUT2D eigenvalue weighted by atomic mass is 10.3. The molecule has 0 radical (unpaired) electrons. The highest BCUT2D eigenvalue weighted by Gasteiger charge is 2.37. The zero-order chi connectivity index (χ0) is 15.4. The van der Waals surface area contributed by atoms with Crippen LogP contribution < -0.4 is 0 Å². The Kier molecular flexibility index (Phi) is 3.08. The average molecular weight is 313 g/mol. The van der Waals surface area contributed by atoms with E-state index in [1.807, 2.05) is 4.68 Å². The van der Waals surface area contributed by atoms with E-state index in [1.54, 1.807) is 0 Å². The fourth-order valence-electron chi connectivity index (χ4n) is 3.45. The van der Waals surface area contributed by atoms with Crippen LogP contribution in [-0.4, -0.2) is 31.1 Å². The molecule has 6 nitrogen and oxygen atoms in total. The van der Waals surface area contributed by atoms with Crippen LogP contribution in [0.25, 0.3) is 0 Å². The van der Waals surface area contributed by atoms with Crippen LogP contribution in [-0.2, 0) is 13.1 Å². The van der Waals surface area contributed by atoms with Gasteiger partial charge in [0.25, 0.3) is 0 Å². The molecule has 6 heteroatoms. The molecule has 23 heavy (non-hydrogen) atoms. The molecule has 0 aliphatic heterocycles. The van der Waals surface area contributed by atoms with Gasteiger partial charge < -0.3 is 4.42 Å². The van der Waals surface area contributed by atoms with E-state index in [0.29, 0.717) is 18.0 Å². The third kappa shape index (κ3) is 2.80. The van der Waals surface area contributed by atoms with E-state index in [0.717, 1.165) is 30.6 Å². The largest absolute Gasteiger partial charge is 0.464 e. The van der Waals surface area contributed by atoms with Gasteiger partial charge in [-0.05, 0) is 60.6 Å². The number of hydrogen-bond donors (Lipinski definition) is 0. The van der Waals surface area contributed by atoms with Crippen molar-refractivity contribution in [3.8, 4) is 0 Å². The standard InChI is InChI=1S/C17H23N5O/c1-11-8-15(11)16-7-6-14(23-16)9-21(12-2-3-12)10-17-18-19-20-22(17)13-4-5-13/h6-7,11-13,15H,2-5,8-10H2,1H3/t11-,15+/m0/s1. The summed E-state index contributed by atoms with van der Waals surface area (Å²) in [6, 6.07) is 5.52. The second-order valence-corrected chi connectivity index (χ2v) is 7.53. The van der Waals surface area contributed by atoms with Crippen molar-refractivity contribution in [2.75, 3.05) is 0 Å². The maximum absolute atomic E-state index is 6.10. The van der Waals surface area contributed by atoms with Gasteiger partial charge in [-0.25, -0.2) is 4.68 Å². The van der Waals surface area contributed by atoms with Gasteiger partial charge in [-0.15, -0.1) is 5.10 Å². The maximum atomic E-state index is 6.10. The zero-order valence-corrected chi connectivity index (χ0v) is 13.6. The summed E-state index contributed by atoms with van der Waals surface area (Å²) < 4.78 is 8.12. The van der Waals surface area contributed by atoms with Gasteiger partial charge >= 0.3 is 0 Å². The Morgan fingerprint density at radius 3 is 2.74 bits per heavy atom. The molecule has 0 aromatic carbocycles. The lowest BCUT2D eigenvalue weighted by Crippen LogP contribution is -2.26. The van der Waals surface area contributed by atoms with Crippen LogP contribution in [0.15, 0.2) is 16.5 Å². The molecule has 0 unspecified atom stereocenters. The molecule has 2 atom stereocenters. The van der Waals surface area contributed by atoms with Gasteiger partial charge in [-0.2, -0.15) is 0 Å². The van der Waals surface area contributed by atoms with Gasteiger partial charge in [0.2, 0.25) is 0 Å². The second-order valence-electron chi connectivity index (χ2n) is 7.53. The van der Waals surface area contributed by atoms with Gasteiger partial charge in [0.1, 0.15) is 11.5 Å². The van der Waals surface area contributed by atoms with E-state index in [-0.39, 0.29) is 0 Å². The maximum Gasteiger partial charge on any atom is 0.165 e. The van der Waals surface area contributed by atoms with Crippen molar-refractivity contribution < 1.29 is 4.42 Å². The fraction of sp³-hybridized carbons (Fsp3) is 0.706. The molecule has 122 valence electrons. The molecular weight excluding hydrogens is 290 g/mol. The monoisotopic (exact) mass is 313 g/mol. The molecule has 0 amide bonds. The van der Waals surface area contributed by atoms with Crippen molar-refractivity contribution in [1.29, 1.82) is 0 Å². The minimum atomic E-state index is 0.535. The molecule has 0 bridgehead atoms. The van der Waals surface area contributed by atoms with Gasteiger partial charge in [0.05, 0.1) is 19.1 Å². The van der Waals surface area contributed by atoms with E-state index < -0.39 is 0 Å². The van der Waals surface area contributed by atoms with E-state index in [4.69, 9.17) is 4.42 Å². The van der Waals surface area contributed by atoms with Crippen LogP contribution in [0, 0.1) is 5.92 Å². The third-order valence-electron chi connectivity index (χ3n) is 5.38. The fourth-order valence-corrected chi connectivity index (χ4v) is 3.45. The topological polar surface area (TPSA) is 60.0 Å². The molecular formula is C17H23N5O. The molecule has 3 aliphatic rings. The highest BCUT2D eigenvalue weighted by atomic mass is 16.3. The quantitative estimate of drug-likeness (QED) is 0.786. The van der Waals surface area contributed by atoms with Crippen molar-refractivity contribution in [1.82, 2.24) is 25.1 Å². The molecule has 5 rings (SSSR count). The number of tetrazole rings is 1. The Balaban J connectivity index is 1.30. The number of nitrogens with zero attached hydrogens (tertiary/aromatic N) is 5. The second kappa shape index (κ2) is 5.16. The minimum Gasteiger partial charge on any atom is -0.464 e. The summed E-state index contributed by atoms with van der Waals surface area (Å²) in [6.45, 7) is 3.98. The molecule has 2 aromatic rings. The first-order valence-corrected chi connectivity index (χ1v) is 8.87. The molecule has 3 fully saturated rings. The summed E-state index contributed by atoms with van der Waals surface area (Å²) >= 11 is 0. The van der Waals surface area contributed by atoms with Crippen LogP contribution in [0.5, 0.6) is 0 Å². The van der Waals surface area contributed by atoms with E-state index in [1.165, 1.54) is 37.9 Å². The number of furan rings is 1. The molecule has 2 heterocycles. The summed E-state index contributed by atoms with van der Waals surface area (Å²) in [7, 11) is 0. The van der Waals surface area contributed by atoms with Gasteiger partial charge in [0.15, 0.2) is 5.82 Å². The van der Waals surface area contributed by atoms with Gasteiger partial charge in [-0.3, -0.25) is 4.90 Å². The lowest BCUT2D eigenvalue weighted by Gasteiger charge is -2.20. The minimum absolute atomic E-state index is 0.535. The SMILES string of the molecule is C[C@H]1C[C@H]1c1ccc(CN(Cc2nnnn2C2CC2)C2CC2)o1. The molecule has 0 N–H and O–H groups in total. The molecule has 3 saturated carbocycles. The Hall–Kier alpha value is -1.69. The van der Waals surface area contributed by atoms with Gasteiger partial charge in [-0.1, -0.05) is 6.92 Å². The van der Waals surface area contributed by atoms with E-state index in [9.17, 15) is 0 Å². The van der Waals surface area contributed by atoms with Crippen molar-refractivity contribution in [2.45, 2.75) is 70.1 Å². The Morgan fingerprint density at radius 2 is 2.04 bits per heavy atom. The van der Waals surface area contributed by atoms with Crippen LogP contribution >= 0.6 is 0 Å². The summed E-state index contributed by atoms with van der Waals surface area (Å²) in [6.07, 6.45) is 6.25. The summed E-state index contributed by atoms with van der Waals surface area (Å²) in [5.41, 5.74) is 0. The summed E-state index contributed by atoms with van der Waals surface area (Å²) in [4.78, 5) is 2.48. The lowest BCUT2D eigenvalue weighted by molar-refractivity contribution is 0.213. The first kappa shape index (κ1) is 13.7. The average Bonchev–Trinajstić information content (AvgIpc) is 3.47. The van der Waals surface area contributed by atoms with Crippen LogP contribution in [0.3, 0.4) is 0 Å². The highest BCUT2D eigenvalue weighted by Crippen LogP contribution is 2.47. The van der Waals surface area contributed by atoms with Crippen LogP contribution in [0.4, 0.5) is 0 Å². The predicted octanol–water partition coefficient (Wildman–Crippen LogP) is 2.89. The van der Waals surface area contributed by atoms with E-state index >= 15 is 0 Å². The third-order valence-corrected chi connectivity index (χ3v) is 5.38. The van der Waals surface area contributed by atoms with Crippen molar-refractivity contribution in [3.05, 3.63) is 29.5 Å². The normalized spacial score (nSPS) is 26.9. The smallest absolute Gasteiger partial charge is 0.165 e. The molecule has 0 saturated heterocycles. The van der Waals surface area contributed by atoms with Crippen LogP contribution in [0.1, 0.15) is 68.3 Å². The van der Waals surface area contributed by atoms with E-state index in [2.05, 4.69) is 39.5 Å². The number of aromatic nitrogens is 4. The predicted molar refractivity (Wildman–Crippen MR) is 83.6 cm³/mol. The number of rotatable bonds is 7. The number of hydrogen-bond acceptors (Lipinski definition) is 5. The van der Waals surface area contributed by atoms with Crippen molar-refractivity contribution >= 4 is 0 Å². The van der Waals surface area contributed by atoms with Crippen molar-refractivity contribution in [2.24, 2.45) is 5.92 Å². The highest BCUT2D eigenvalue weighted by molar-refractivity contribution is 5.17. The first-order valence-electron chi connectivity index (χ1n) is 8.87. The Morgan fingerprint density at radius 1 is 1.22 bits per heavy atom. The van der Waals surface area contributed by atoms with Gasteiger partial charge in [0, 0.05) is 12.0 Å². The summed E-state index contributed by atoms with van der Waals surface area (Å²) in [5.74, 6) is 4.70. The Labute approximate surface area is 135 Å². The molecule has 2 aromatic heterocycles. The zero-order valence-electron chi connectivity index (χ0n) is 13.6. The Bertz CT molecular complexity index is 699. The molecule has 0 spiro atoms.